The van der Waals surface area contributed by atoms with Crippen LogP contribution < -0.4 is 5.32 Å². The van der Waals surface area contributed by atoms with Crippen molar-refractivity contribution in [2.45, 2.75) is 12.5 Å². The van der Waals surface area contributed by atoms with Crippen LogP contribution in [0.3, 0.4) is 0 Å². The minimum Gasteiger partial charge on any atom is -0.338 e. The third-order valence-corrected chi connectivity index (χ3v) is 4.20. The summed E-state index contributed by atoms with van der Waals surface area (Å²) in [5, 5.41) is 2.60. The Kier molecular flexibility index (Phi) is 4.10. The second-order valence-electron chi connectivity index (χ2n) is 5.64. The molecule has 1 saturated heterocycles. The average molecular weight is 312 g/mol. The summed E-state index contributed by atoms with van der Waals surface area (Å²) in [5.74, 6) is -1.47. The van der Waals surface area contributed by atoms with E-state index >= 15 is 0 Å². The highest BCUT2D eigenvalue weighted by Gasteiger charge is 2.42. The zero-order valence-electron chi connectivity index (χ0n) is 12.7. The number of hydrogen-bond acceptors (Lipinski definition) is 2. The molecule has 1 N–H and O–H groups in total. The summed E-state index contributed by atoms with van der Waals surface area (Å²) in [6.07, 6.45) is 0.121. The van der Waals surface area contributed by atoms with E-state index < -0.39 is 11.7 Å². The van der Waals surface area contributed by atoms with E-state index in [4.69, 9.17) is 0 Å². The molecule has 2 aromatic carbocycles. The predicted octanol–water partition coefficient (Wildman–Crippen LogP) is 2.98. The summed E-state index contributed by atoms with van der Waals surface area (Å²) >= 11 is 0. The van der Waals surface area contributed by atoms with Crippen molar-refractivity contribution in [2.24, 2.45) is 5.92 Å². The van der Waals surface area contributed by atoms with Crippen LogP contribution >= 0.6 is 0 Å². The lowest BCUT2D eigenvalue weighted by Crippen LogP contribution is -2.30. The van der Waals surface area contributed by atoms with Gasteiger partial charge < -0.3 is 10.2 Å². The highest BCUT2D eigenvalue weighted by molar-refractivity contribution is 5.98. The van der Waals surface area contributed by atoms with Gasteiger partial charge in [-0.05, 0) is 17.7 Å². The van der Waals surface area contributed by atoms with Crippen LogP contribution in [0.2, 0.25) is 0 Å². The van der Waals surface area contributed by atoms with Gasteiger partial charge in [0, 0.05) is 13.5 Å². The smallest absolute Gasteiger partial charge is 0.230 e. The van der Waals surface area contributed by atoms with Gasteiger partial charge in [0.2, 0.25) is 11.8 Å². The van der Waals surface area contributed by atoms with Crippen LogP contribution in [0.5, 0.6) is 0 Å². The van der Waals surface area contributed by atoms with E-state index in [1.165, 1.54) is 12.1 Å². The molecule has 0 spiro atoms. The Morgan fingerprint density at radius 1 is 1.13 bits per heavy atom. The number of rotatable bonds is 3. The third-order valence-electron chi connectivity index (χ3n) is 4.20. The van der Waals surface area contributed by atoms with E-state index in [2.05, 4.69) is 5.32 Å². The van der Waals surface area contributed by atoms with Crippen molar-refractivity contribution in [3.05, 3.63) is 66.0 Å². The fraction of sp³-hybridized carbons (Fsp3) is 0.222. The number of anilines is 1. The maximum atomic E-state index is 13.7. The van der Waals surface area contributed by atoms with Gasteiger partial charge in [0.05, 0.1) is 17.6 Å². The van der Waals surface area contributed by atoms with Gasteiger partial charge in [0.1, 0.15) is 5.82 Å². The van der Waals surface area contributed by atoms with Crippen LogP contribution in [-0.4, -0.2) is 23.8 Å². The van der Waals surface area contributed by atoms with Gasteiger partial charge in [-0.2, -0.15) is 0 Å². The minimum absolute atomic E-state index is 0.0902. The normalized spacial score (nSPS) is 20.6. The van der Waals surface area contributed by atoms with Crippen LogP contribution in [0.1, 0.15) is 18.0 Å². The Bertz CT molecular complexity index is 733. The fourth-order valence-corrected chi connectivity index (χ4v) is 3.00. The molecule has 1 aliphatic heterocycles. The summed E-state index contributed by atoms with van der Waals surface area (Å²) in [5.41, 5.74) is 1.03. The van der Waals surface area contributed by atoms with Crippen LogP contribution in [0.25, 0.3) is 0 Å². The van der Waals surface area contributed by atoms with Gasteiger partial charge in [0.25, 0.3) is 0 Å². The van der Waals surface area contributed by atoms with E-state index in [1.807, 2.05) is 30.3 Å². The highest BCUT2D eigenvalue weighted by Crippen LogP contribution is 2.37. The van der Waals surface area contributed by atoms with Crippen LogP contribution in [0, 0.1) is 11.7 Å². The molecule has 1 fully saturated rings. The zero-order chi connectivity index (χ0) is 16.4. The van der Waals surface area contributed by atoms with Crippen molar-refractivity contribution >= 4 is 17.5 Å². The number of halogens is 1. The van der Waals surface area contributed by atoms with Gasteiger partial charge in [-0.15, -0.1) is 0 Å². The van der Waals surface area contributed by atoms with Gasteiger partial charge in [-0.3, -0.25) is 9.59 Å². The van der Waals surface area contributed by atoms with Gasteiger partial charge in [-0.1, -0.05) is 42.5 Å². The first-order valence-corrected chi connectivity index (χ1v) is 7.44. The van der Waals surface area contributed by atoms with Crippen LogP contribution in [-0.2, 0) is 9.59 Å². The number of amides is 2. The Morgan fingerprint density at radius 2 is 1.78 bits per heavy atom. The number of nitrogens with zero attached hydrogens (tertiary/aromatic N) is 1. The molecular formula is C18H17FN2O2. The van der Waals surface area contributed by atoms with Crippen molar-refractivity contribution < 1.29 is 14.0 Å². The summed E-state index contributed by atoms with van der Waals surface area (Å²) < 4.78 is 13.7. The van der Waals surface area contributed by atoms with Gasteiger partial charge >= 0.3 is 0 Å². The Morgan fingerprint density at radius 3 is 2.48 bits per heavy atom. The third kappa shape index (κ3) is 2.95. The van der Waals surface area contributed by atoms with Crippen molar-refractivity contribution in [3.8, 4) is 0 Å². The molecule has 4 nitrogen and oxygen atoms in total. The summed E-state index contributed by atoms with van der Waals surface area (Å²) in [7, 11) is 1.69. The lowest BCUT2D eigenvalue weighted by atomic mass is 9.93. The zero-order valence-corrected chi connectivity index (χ0v) is 12.7. The Hall–Kier alpha value is -2.69. The first-order chi connectivity index (χ1) is 11.1. The minimum atomic E-state index is -0.547. The molecule has 1 heterocycles. The number of carbonyl (C=O) groups is 2. The first kappa shape index (κ1) is 15.2. The molecule has 0 aromatic heterocycles. The van der Waals surface area contributed by atoms with E-state index in [-0.39, 0.29) is 30.0 Å². The molecule has 2 aromatic rings. The fourth-order valence-electron chi connectivity index (χ4n) is 3.00. The molecule has 0 bridgehead atoms. The van der Waals surface area contributed by atoms with Gasteiger partial charge in [-0.25, -0.2) is 4.39 Å². The number of carbonyl (C=O) groups excluding carboxylic acids is 2. The standard InChI is InChI=1S/C18H17FN2O2/c1-21-16(22)11-13(17(21)12-7-3-2-4-8-12)18(23)20-15-10-6-5-9-14(15)19/h2-10,13,17H,11H2,1H3,(H,20,23)/t13-,17+/m1/s1. The molecule has 5 heteroatoms. The number of likely N-dealkylation sites (tertiary alicyclic amines) is 1. The SMILES string of the molecule is CN1C(=O)C[C@@H](C(=O)Nc2ccccc2F)[C@@H]1c1ccccc1. The van der Waals surface area contributed by atoms with Crippen molar-refractivity contribution in [3.63, 3.8) is 0 Å². The monoisotopic (exact) mass is 312 g/mol. The molecule has 0 radical (unpaired) electrons. The van der Waals surface area contributed by atoms with E-state index in [0.29, 0.717) is 0 Å². The Labute approximate surface area is 133 Å². The molecule has 0 aliphatic carbocycles. The second kappa shape index (κ2) is 6.20. The molecule has 118 valence electrons. The van der Waals surface area contributed by atoms with Crippen LogP contribution in [0.4, 0.5) is 10.1 Å². The summed E-state index contributed by atoms with van der Waals surface area (Å²) in [4.78, 5) is 26.2. The molecule has 0 saturated carbocycles. The number of hydrogen-bond donors (Lipinski definition) is 1. The quantitative estimate of drug-likeness (QED) is 0.947. The largest absolute Gasteiger partial charge is 0.338 e. The molecular weight excluding hydrogens is 295 g/mol. The van der Waals surface area contributed by atoms with Gasteiger partial charge in [0.15, 0.2) is 0 Å². The molecule has 1 aliphatic rings. The summed E-state index contributed by atoms with van der Waals surface area (Å²) in [6.45, 7) is 0. The van der Waals surface area contributed by atoms with E-state index in [9.17, 15) is 14.0 Å². The predicted molar refractivity (Wildman–Crippen MR) is 85.1 cm³/mol. The molecule has 3 rings (SSSR count). The topological polar surface area (TPSA) is 49.4 Å². The number of nitrogens with one attached hydrogen (secondary N) is 1. The molecule has 23 heavy (non-hydrogen) atoms. The highest BCUT2D eigenvalue weighted by atomic mass is 19.1. The number of para-hydroxylation sites is 1. The van der Waals surface area contributed by atoms with E-state index in [1.54, 1.807) is 24.1 Å². The molecule has 0 unspecified atom stereocenters. The summed E-state index contributed by atoms with van der Waals surface area (Å²) in [6, 6.07) is 15.1. The maximum absolute atomic E-state index is 13.7. The maximum Gasteiger partial charge on any atom is 0.230 e. The average Bonchev–Trinajstić information content (AvgIpc) is 2.86. The van der Waals surface area contributed by atoms with Crippen molar-refractivity contribution in [2.75, 3.05) is 12.4 Å². The molecule has 2 atom stereocenters. The van der Waals surface area contributed by atoms with Crippen molar-refractivity contribution in [1.82, 2.24) is 4.90 Å². The molecule has 2 amide bonds. The van der Waals surface area contributed by atoms with Crippen molar-refractivity contribution in [1.29, 1.82) is 0 Å². The first-order valence-electron chi connectivity index (χ1n) is 7.44. The second-order valence-corrected chi connectivity index (χ2v) is 5.64. The van der Waals surface area contributed by atoms with Crippen LogP contribution in [0.15, 0.2) is 54.6 Å². The number of benzene rings is 2. The Balaban J connectivity index is 1.86. The lowest BCUT2D eigenvalue weighted by Gasteiger charge is -2.25. The van der Waals surface area contributed by atoms with E-state index in [0.717, 1.165) is 5.56 Å². The lowest BCUT2D eigenvalue weighted by molar-refractivity contribution is -0.127.